The average Bonchev–Trinajstić information content (AvgIpc) is 2.26. The molecular formula is C12H14ClF2NO. The van der Waals surface area contributed by atoms with Crippen LogP contribution in [0.15, 0.2) is 6.07 Å². The second kappa shape index (κ2) is 4.42. The highest BCUT2D eigenvalue weighted by Crippen LogP contribution is 2.48. The van der Waals surface area contributed by atoms with Gasteiger partial charge < -0.3 is 10.5 Å². The number of nitrogens with two attached hydrogens (primary N) is 1. The molecule has 2 rings (SSSR count). The lowest BCUT2D eigenvalue weighted by Crippen LogP contribution is -2.42. The van der Waals surface area contributed by atoms with Gasteiger partial charge in [0.1, 0.15) is 10.8 Å². The lowest BCUT2D eigenvalue weighted by atomic mass is 9.64. The topological polar surface area (TPSA) is 35.2 Å². The first kappa shape index (κ1) is 12.6. The third-order valence-electron chi connectivity index (χ3n) is 3.59. The Balaban J connectivity index is 2.60. The molecule has 94 valence electrons. The summed E-state index contributed by atoms with van der Waals surface area (Å²) >= 11 is 5.53. The van der Waals surface area contributed by atoms with E-state index in [9.17, 15) is 8.78 Å². The molecule has 0 saturated heterocycles. The van der Waals surface area contributed by atoms with Gasteiger partial charge in [-0.1, -0.05) is 18.0 Å². The van der Waals surface area contributed by atoms with Crippen LogP contribution in [0, 0.1) is 11.6 Å². The molecule has 0 aromatic heterocycles. The molecule has 1 aliphatic carbocycles. The first-order chi connectivity index (χ1) is 8.05. The zero-order valence-corrected chi connectivity index (χ0v) is 10.3. The summed E-state index contributed by atoms with van der Waals surface area (Å²) in [7, 11) is 1.35. The van der Waals surface area contributed by atoms with Crippen LogP contribution < -0.4 is 10.5 Å². The standard InChI is InChI=1S/C12H14ClF2NO/c1-17-11-7(12(6-16)3-2-4-12)5-8(14)9(13)10(11)15/h5H,2-4,6,16H2,1H3. The van der Waals surface area contributed by atoms with E-state index in [1.165, 1.54) is 13.2 Å². The summed E-state index contributed by atoms with van der Waals surface area (Å²) in [6, 6.07) is 1.25. The summed E-state index contributed by atoms with van der Waals surface area (Å²) in [5.74, 6) is -1.59. The summed E-state index contributed by atoms with van der Waals surface area (Å²) in [6.45, 7) is 0.351. The Kier molecular flexibility index (Phi) is 3.27. The molecule has 2 N–H and O–H groups in total. The maximum absolute atomic E-state index is 13.8. The third-order valence-corrected chi connectivity index (χ3v) is 3.94. The normalized spacial score (nSPS) is 17.7. The van der Waals surface area contributed by atoms with Gasteiger partial charge in [-0.25, -0.2) is 8.78 Å². The Morgan fingerprint density at radius 2 is 2.12 bits per heavy atom. The predicted octanol–water partition coefficient (Wildman–Crippen LogP) is 3.01. The largest absolute Gasteiger partial charge is 0.493 e. The highest BCUT2D eigenvalue weighted by Gasteiger charge is 2.41. The van der Waals surface area contributed by atoms with Crippen LogP contribution in [0.2, 0.25) is 5.02 Å². The Morgan fingerprint density at radius 1 is 1.47 bits per heavy atom. The van der Waals surface area contributed by atoms with E-state index in [1.807, 2.05) is 0 Å². The fraction of sp³-hybridized carbons (Fsp3) is 0.500. The van der Waals surface area contributed by atoms with Crippen LogP contribution in [0.5, 0.6) is 5.75 Å². The second-order valence-corrected chi connectivity index (χ2v) is 4.78. The molecule has 1 saturated carbocycles. The van der Waals surface area contributed by atoms with Gasteiger partial charge >= 0.3 is 0 Å². The average molecular weight is 262 g/mol. The van der Waals surface area contributed by atoms with Gasteiger partial charge in [0.2, 0.25) is 0 Å². The molecule has 17 heavy (non-hydrogen) atoms. The van der Waals surface area contributed by atoms with Crippen molar-refractivity contribution in [1.82, 2.24) is 0 Å². The van der Waals surface area contributed by atoms with Gasteiger partial charge in [0.15, 0.2) is 11.6 Å². The van der Waals surface area contributed by atoms with Gasteiger partial charge in [0.05, 0.1) is 7.11 Å². The van der Waals surface area contributed by atoms with Gasteiger partial charge in [-0.15, -0.1) is 0 Å². The van der Waals surface area contributed by atoms with Gasteiger partial charge in [-0.3, -0.25) is 0 Å². The number of hydrogen-bond acceptors (Lipinski definition) is 2. The molecule has 1 fully saturated rings. The van der Waals surface area contributed by atoms with Crippen molar-refractivity contribution in [3.05, 3.63) is 28.3 Å². The molecule has 0 spiro atoms. The highest BCUT2D eigenvalue weighted by atomic mass is 35.5. The van der Waals surface area contributed by atoms with E-state index >= 15 is 0 Å². The fourth-order valence-corrected chi connectivity index (χ4v) is 2.50. The van der Waals surface area contributed by atoms with Crippen molar-refractivity contribution in [1.29, 1.82) is 0 Å². The van der Waals surface area contributed by atoms with Gasteiger partial charge in [-0.05, 0) is 18.9 Å². The minimum atomic E-state index is -0.844. The van der Waals surface area contributed by atoms with Gasteiger partial charge in [0, 0.05) is 17.5 Å². The van der Waals surface area contributed by atoms with Crippen LogP contribution in [-0.4, -0.2) is 13.7 Å². The molecule has 5 heteroatoms. The molecule has 0 amide bonds. The summed E-state index contributed by atoms with van der Waals surface area (Å²) in [5.41, 5.74) is 5.86. The zero-order chi connectivity index (χ0) is 12.6. The fourth-order valence-electron chi connectivity index (χ4n) is 2.36. The van der Waals surface area contributed by atoms with Crippen molar-refractivity contribution in [2.75, 3.05) is 13.7 Å². The van der Waals surface area contributed by atoms with E-state index in [0.717, 1.165) is 19.3 Å². The summed E-state index contributed by atoms with van der Waals surface area (Å²) < 4.78 is 32.3. The van der Waals surface area contributed by atoms with Gasteiger partial charge in [-0.2, -0.15) is 0 Å². The summed E-state index contributed by atoms with van der Waals surface area (Å²) in [4.78, 5) is 0. The monoisotopic (exact) mass is 261 g/mol. The Bertz CT molecular complexity index is 441. The molecule has 0 aliphatic heterocycles. The molecular weight excluding hydrogens is 248 g/mol. The number of halogens is 3. The van der Waals surface area contributed by atoms with Crippen LogP contribution in [-0.2, 0) is 5.41 Å². The first-order valence-corrected chi connectivity index (χ1v) is 5.85. The molecule has 0 bridgehead atoms. The van der Waals surface area contributed by atoms with Crippen molar-refractivity contribution in [3.8, 4) is 5.75 Å². The number of rotatable bonds is 3. The lowest BCUT2D eigenvalue weighted by molar-refractivity contribution is 0.239. The summed E-state index contributed by atoms with van der Waals surface area (Å²) in [6.07, 6.45) is 2.65. The predicted molar refractivity (Wildman–Crippen MR) is 62.5 cm³/mol. The quantitative estimate of drug-likeness (QED) is 0.849. The first-order valence-electron chi connectivity index (χ1n) is 5.48. The number of ether oxygens (including phenoxy) is 1. The zero-order valence-electron chi connectivity index (χ0n) is 9.53. The third kappa shape index (κ3) is 1.79. The van der Waals surface area contributed by atoms with Crippen LogP contribution in [0.25, 0.3) is 0 Å². The molecule has 0 heterocycles. The van der Waals surface area contributed by atoms with E-state index in [2.05, 4.69) is 0 Å². The van der Waals surface area contributed by atoms with E-state index in [0.29, 0.717) is 12.1 Å². The highest BCUT2D eigenvalue weighted by molar-refractivity contribution is 6.31. The van der Waals surface area contributed by atoms with E-state index in [1.54, 1.807) is 0 Å². The van der Waals surface area contributed by atoms with Crippen molar-refractivity contribution in [2.45, 2.75) is 24.7 Å². The minimum Gasteiger partial charge on any atom is -0.493 e. The van der Waals surface area contributed by atoms with E-state index in [-0.39, 0.29) is 11.2 Å². The van der Waals surface area contributed by atoms with Crippen molar-refractivity contribution >= 4 is 11.6 Å². The number of benzene rings is 1. The van der Waals surface area contributed by atoms with Crippen molar-refractivity contribution in [2.24, 2.45) is 5.73 Å². The van der Waals surface area contributed by atoms with Gasteiger partial charge in [0.25, 0.3) is 0 Å². The molecule has 1 aromatic rings. The molecule has 0 atom stereocenters. The Morgan fingerprint density at radius 3 is 2.53 bits per heavy atom. The lowest BCUT2D eigenvalue weighted by Gasteiger charge is -2.42. The molecule has 0 unspecified atom stereocenters. The SMILES string of the molecule is COc1c(C2(CN)CCC2)cc(F)c(Cl)c1F. The van der Waals surface area contributed by atoms with Crippen LogP contribution in [0.3, 0.4) is 0 Å². The Labute approximate surface area is 104 Å². The maximum Gasteiger partial charge on any atom is 0.186 e. The number of methoxy groups -OCH3 is 1. The summed E-state index contributed by atoms with van der Waals surface area (Å²) in [5, 5.41) is -0.530. The number of hydrogen-bond donors (Lipinski definition) is 1. The minimum absolute atomic E-state index is 0.0153. The maximum atomic E-state index is 13.8. The van der Waals surface area contributed by atoms with Crippen molar-refractivity contribution < 1.29 is 13.5 Å². The van der Waals surface area contributed by atoms with E-state index in [4.69, 9.17) is 22.1 Å². The second-order valence-electron chi connectivity index (χ2n) is 4.41. The van der Waals surface area contributed by atoms with E-state index < -0.39 is 16.7 Å². The smallest absolute Gasteiger partial charge is 0.186 e. The van der Waals surface area contributed by atoms with Crippen LogP contribution in [0.4, 0.5) is 8.78 Å². The van der Waals surface area contributed by atoms with Crippen LogP contribution in [0.1, 0.15) is 24.8 Å². The van der Waals surface area contributed by atoms with Crippen molar-refractivity contribution in [3.63, 3.8) is 0 Å². The van der Waals surface area contributed by atoms with Crippen LogP contribution >= 0.6 is 11.6 Å². The molecule has 1 aliphatic rings. The molecule has 0 radical (unpaired) electrons. The Hall–Kier alpha value is -0.870. The molecule has 2 nitrogen and oxygen atoms in total. The molecule has 1 aromatic carbocycles.